The number of aryl methyl sites for hydroxylation is 1. The van der Waals surface area contributed by atoms with Crippen LogP contribution in [0.15, 0.2) is 42.5 Å². The van der Waals surface area contributed by atoms with Crippen molar-refractivity contribution in [1.82, 2.24) is 9.80 Å². The summed E-state index contributed by atoms with van der Waals surface area (Å²) in [6.07, 6.45) is 0. The van der Waals surface area contributed by atoms with Crippen molar-refractivity contribution in [2.24, 2.45) is 0 Å². The Bertz CT molecular complexity index is 768. The number of carbonyl (C=O) groups excluding carboxylic acids is 1. The molecular weight excluding hydrogens is 328 g/mol. The molecule has 0 atom stereocenters. The number of aliphatic hydroxyl groups excluding tert-OH is 1. The van der Waals surface area contributed by atoms with Gasteiger partial charge < -0.3 is 14.7 Å². The molecule has 1 aliphatic rings. The third-order valence-electron chi connectivity index (χ3n) is 4.93. The molecule has 1 aliphatic heterocycles. The molecule has 0 spiro atoms. The molecule has 0 aromatic heterocycles. The zero-order chi connectivity index (χ0) is 18.5. The fraction of sp³-hybridized carbons (Fsp3) is 0.381. The van der Waals surface area contributed by atoms with E-state index in [0.717, 1.165) is 35.5 Å². The Balaban J connectivity index is 1.76. The third-order valence-corrected chi connectivity index (χ3v) is 4.93. The van der Waals surface area contributed by atoms with Crippen LogP contribution in [0, 0.1) is 6.92 Å². The summed E-state index contributed by atoms with van der Waals surface area (Å²) < 4.78 is 5.27. The number of methoxy groups -OCH3 is 1. The monoisotopic (exact) mass is 354 g/mol. The minimum Gasteiger partial charge on any atom is -0.497 e. The smallest absolute Gasteiger partial charge is 0.253 e. The molecule has 0 radical (unpaired) electrons. The highest BCUT2D eigenvalue weighted by Gasteiger charge is 2.22. The summed E-state index contributed by atoms with van der Waals surface area (Å²) >= 11 is 0. The van der Waals surface area contributed by atoms with E-state index in [-0.39, 0.29) is 12.5 Å². The quantitative estimate of drug-likeness (QED) is 0.896. The van der Waals surface area contributed by atoms with Crippen LogP contribution in [0.2, 0.25) is 0 Å². The lowest BCUT2D eigenvalue weighted by Crippen LogP contribution is -2.49. The lowest BCUT2D eigenvalue weighted by molar-refractivity contribution is 0.0615. The number of amides is 1. The van der Waals surface area contributed by atoms with Gasteiger partial charge >= 0.3 is 0 Å². The minimum atomic E-state index is 0.0710. The molecule has 0 aliphatic carbocycles. The van der Waals surface area contributed by atoms with Gasteiger partial charge in [0.25, 0.3) is 5.91 Å². The first kappa shape index (κ1) is 18.4. The van der Waals surface area contributed by atoms with Gasteiger partial charge in [0.2, 0.25) is 0 Å². The molecule has 26 heavy (non-hydrogen) atoms. The first-order valence-electron chi connectivity index (χ1n) is 9.00. The first-order chi connectivity index (χ1) is 12.6. The van der Waals surface area contributed by atoms with Gasteiger partial charge in [-0.05, 0) is 47.9 Å². The number of ether oxygens (including phenoxy) is 1. The van der Waals surface area contributed by atoms with Gasteiger partial charge in [-0.2, -0.15) is 0 Å². The highest BCUT2D eigenvalue weighted by molar-refractivity contribution is 5.95. The second-order valence-electron chi connectivity index (χ2n) is 6.62. The van der Waals surface area contributed by atoms with Crippen molar-refractivity contribution < 1.29 is 14.6 Å². The van der Waals surface area contributed by atoms with Gasteiger partial charge in [0.05, 0.1) is 13.7 Å². The molecule has 5 nitrogen and oxygen atoms in total. The van der Waals surface area contributed by atoms with E-state index < -0.39 is 0 Å². The average molecular weight is 354 g/mol. The Hall–Kier alpha value is -2.37. The fourth-order valence-corrected chi connectivity index (χ4v) is 3.41. The largest absolute Gasteiger partial charge is 0.497 e. The molecule has 1 fully saturated rings. The van der Waals surface area contributed by atoms with Gasteiger partial charge in [0.15, 0.2) is 0 Å². The standard InChI is InChI=1S/C21H26N2O3/c1-16-14-19(26-2)6-7-20(16)17-4-3-5-18(15-17)21(25)23-10-8-22(9-11-23)12-13-24/h3-7,14-15,24H,8-13H2,1-2H3. The molecule has 0 bridgehead atoms. The molecular formula is C21H26N2O3. The maximum atomic E-state index is 12.9. The van der Waals surface area contributed by atoms with Crippen LogP contribution < -0.4 is 4.74 Å². The van der Waals surface area contributed by atoms with E-state index in [9.17, 15) is 4.79 Å². The SMILES string of the molecule is COc1ccc(-c2cccc(C(=O)N3CCN(CCO)CC3)c2)c(C)c1. The first-order valence-corrected chi connectivity index (χ1v) is 9.00. The zero-order valence-electron chi connectivity index (χ0n) is 15.4. The molecule has 0 saturated carbocycles. The lowest BCUT2D eigenvalue weighted by atomic mass is 9.98. The number of hydrogen-bond donors (Lipinski definition) is 1. The molecule has 1 amide bonds. The summed E-state index contributed by atoms with van der Waals surface area (Å²) in [5, 5.41) is 9.04. The number of nitrogens with zero attached hydrogens (tertiary/aromatic N) is 2. The van der Waals surface area contributed by atoms with Crippen molar-refractivity contribution in [3.05, 3.63) is 53.6 Å². The normalized spacial score (nSPS) is 15.1. The highest BCUT2D eigenvalue weighted by Crippen LogP contribution is 2.27. The van der Waals surface area contributed by atoms with E-state index in [1.165, 1.54) is 0 Å². The van der Waals surface area contributed by atoms with Crippen molar-refractivity contribution in [2.45, 2.75) is 6.92 Å². The van der Waals surface area contributed by atoms with Crippen LogP contribution in [0.3, 0.4) is 0 Å². The molecule has 3 rings (SSSR count). The molecule has 5 heteroatoms. The lowest BCUT2D eigenvalue weighted by Gasteiger charge is -2.34. The van der Waals surface area contributed by atoms with Crippen molar-refractivity contribution >= 4 is 5.91 Å². The van der Waals surface area contributed by atoms with Gasteiger partial charge in [-0.3, -0.25) is 9.69 Å². The van der Waals surface area contributed by atoms with Gasteiger partial charge in [-0.1, -0.05) is 18.2 Å². The molecule has 2 aromatic rings. The van der Waals surface area contributed by atoms with E-state index >= 15 is 0 Å². The Morgan fingerprint density at radius 1 is 1.12 bits per heavy atom. The van der Waals surface area contributed by atoms with Crippen molar-refractivity contribution in [1.29, 1.82) is 0 Å². The van der Waals surface area contributed by atoms with Crippen LogP contribution in [0.4, 0.5) is 0 Å². The van der Waals surface area contributed by atoms with Gasteiger partial charge in [0, 0.05) is 38.3 Å². The Morgan fingerprint density at radius 3 is 2.54 bits per heavy atom. The predicted molar refractivity (Wildman–Crippen MR) is 103 cm³/mol. The summed E-state index contributed by atoms with van der Waals surface area (Å²) in [5.74, 6) is 0.904. The van der Waals surface area contributed by atoms with Crippen LogP contribution in [-0.4, -0.2) is 67.3 Å². The van der Waals surface area contributed by atoms with E-state index in [2.05, 4.69) is 4.90 Å². The third kappa shape index (κ3) is 4.06. The van der Waals surface area contributed by atoms with E-state index in [1.807, 2.05) is 54.3 Å². The number of carbonyl (C=O) groups is 1. The number of rotatable bonds is 5. The van der Waals surface area contributed by atoms with E-state index in [1.54, 1.807) is 7.11 Å². The Labute approximate surface area is 154 Å². The second kappa shape index (κ2) is 8.34. The van der Waals surface area contributed by atoms with E-state index in [4.69, 9.17) is 9.84 Å². The topological polar surface area (TPSA) is 53.0 Å². The van der Waals surface area contributed by atoms with Crippen molar-refractivity contribution in [2.75, 3.05) is 46.4 Å². The number of benzene rings is 2. The Kier molecular flexibility index (Phi) is 5.91. The van der Waals surface area contributed by atoms with Gasteiger partial charge in [-0.25, -0.2) is 0 Å². The van der Waals surface area contributed by atoms with Crippen molar-refractivity contribution in [3.8, 4) is 16.9 Å². The highest BCUT2D eigenvalue weighted by atomic mass is 16.5. The van der Waals surface area contributed by atoms with Gasteiger partial charge in [-0.15, -0.1) is 0 Å². The number of hydrogen-bond acceptors (Lipinski definition) is 4. The summed E-state index contributed by atoms with van der Waals surface area (Å²) in [5.41, 5.74) is 3.98. The molecule has 1 heterocycles. The summed E-state index contributed by atoms with van der Waals surface area (Å²) in [4.78, 5) is 16.9. The molecule has 1 saturated heterocycles. The van der Waals surface area contributed by atoms with E-state index in [0.29, 0.717) is 25.2 Å². The van der Waals surface area contributed by atoms with Crippen LogP contribution in [0.5, 0.6) is 5.75 Å². The fourth-order valence-electron chi connectivity index (χ4n) is 3.41. The molecule has 138 valence electrons. The van der Waals surface area contributed by atoms with Crippen LogP contribution in [0.25, 0.3) is 11.1 Å². The Morgan fingerprint density at radius 2 is 1.88 bits per heavy atom. The number of aliphatic hydroxyl groups is 1. The minimum absolute atomic E-state index is 0.0710. The molecule has 1 N–H and O–H groups in total. The van der Waals surface area contributed by atoms with Crippen molar-refractivity contribution in [3.63, 3.8) is 0 Å². The van der Waals surface area contributed by atoms with Crippen LogP contribution in [-0.2, 0) is 0 Å². The molecule has 0 unspecified atom stereocenters. The van der Waals surface area contributed by atoms with Gasteiger partial charge in [0.1, 0.15) is 5.75 Å². The van der Waals surface area contributed by atoms with Crippen LogP contribution >= 0.6 is 0 Å². The maximum Gasteiger partial charge on any atom is 0.253 e. The number of piperazine rings is 1. The summed E-state index contributed by atoms with van der Waals surface area (Å²) in [7, 11) is 1.66. The zero-order valence-corrected chi connectivity index (χ0v) is 15.4. The second-order valence-corrected chi connectivity index (χ2v) is 6.62. The van der Waals surface area contributed by atoms with Crippen LogP contribution in [0.1, 0.15) is 15.9 Å². The predicted octanol–water partition coefficient (Wildman–Crippen LogP) is 2.42. The average Bonchev–Trinajstić information content (AvgIpc) is 2.68. The number of β-amino-alcohol motifs (C(OH)–C–C–N with tert-alkyl or cyclic N) is 1. The summed E-state index contributed by atoms with van der Waals surface area (Å²) in [6.45, 7) is 5.90. The molecule has 2 aromatic carbocycles. The maximum absolute atomic E-state index is 12.9. The summed E-state index contributed by atoms with van der Waals surface area (Å²) in [6, 6.07) is 13.8.